The number of methoxy groups -OCH3 is 1. The molecule has 0 aliphatic heterocycles. The standard InChI is InChI=1S/C14H22N2O3.ClH/c1-18-13(10-15)9-14(17)16-7-8-19-11-12-5-3-2-4-6-12;/h2-6,13H,7-11,15H2,1H3,(H,16,17);1H. The quantitative estimate of drug-likeness (QED) is 0.670. The minimum Gasteiger partial charge on any atom is -0.380 e. The van der Waals surface area contributed by atoms with E-state index in [-0.39, 0.29) is 30.8 Å². The second kappa shape index (κ2) is 11.7. The van der Waals surface area contributed by atoms with Gasteiger partial charge in [-0.25, -0.2) is 0 Å². The van der Waals surface area contributed by atoms with Crippen LogP contribution in [-0.2, 0) is 20.9 Å². The van der Waals surface area contributed by atoms with Gasteiger partial charge in [0, 0.05) is 20.2 Å². The van der Waals surface area contributed by atoms with Crippen molar-refractivity contribution in [1.29, 1.82) is 0 Å². The van der Waals surface area contributed by atoms with E-state index in [9.17, 15) is 4.79 Å². The van der Waals surface area contributed by atoms with Gasteiger partial charge in [0.25, 0.3) is 0 Å². The van der Waals surface area contributed by atoms with Crippen molar-refractivity contribution in [2.45, 2.75) is 19.1 Å². The number of benzene rings is 1. The van der Waals surface area contributed by atoms with Crippen LogP contribution in [-0.4, -0.2) is 38.8 Å². The number of rotatable bonds is 9. The summed E-state index contributed by atoms with van der Waals surface area (Å²) in [6.45, 7) is 1.88. The minimum atomic E-state index is -0.217. The lowest BCUT2D eigenvalue weighted by molar-refractivity contribution is -0.123. The maximum absolute atomic E-state index is 11.5. The van der Waals surface area contributed by atoms with Crippen LogP contribution in [0.1, 0.15) is 12.0 Å². The first-order chi connectivity index (χ1) is 9.26. The number of hydrogen-bond donors (Lipinski definition) is 2. The molecule has 1 amide bonds. The number of halogens is 1. The summed E-state index contributed by atoms with van der Waals surface area (Å²) in [5, 5.41) is 2.77. The van der Waals surface area contributed by atoms with Crippen LogP contribution in [0.25, 0.3) is 0 Å². The van der Waals surface area contributed by atoms with Crippen LogP contribution in [0.2, 0.25) is 0 Å². The summed E-state index contributed by atoms with van der Waals surface area (Å²) in [6, 6.07) is 9.91. The molecule has 0 saturated heterocycles. The van der Waals surface area contributed by atoms with E-state index in [2.05, 4.69) is 5.32 Å². The van der Waals surface area contributed by atoms with Gasteiger partial charge in [0.2, 0.25) is 5.91 Å². The fourth-order valence-corrected chi connectivity index (χ4v) is 1.57. The molecule has 114 valence electrons. The summed E-state index contributed by atoms with van der Waals surface area (Å²) < 4.78 is 10.5. The van der Waals surface area contributed by atoms with Gasteiger partial charge in [-0.05, 0) is 5.56 Å². The van der Waals surface area contributed by atoms with E-state index in [0.717, 1.165) is 5.56 Å². The Bertz CT molecular complexity index is 359. The molecule has 0 aliphatic carbocycles. The first kappa shape index (κ1) is 18.9. The van der Waals surface area contributed by atoms with E-state index >= 15 is 0 Å². The summed E-state index contributed by atoms with van der Waals surface area (Å²) >= 11 is 0. The average molecular weight is 303 g/mol. The predicted molar refractivity (Wildman–Crippen MR) is 80.8 cm³/mol. The molecule has 0 fully saturated rings. The zero-order valence-electron chi connectivity index (χ0n) is 11.7. The van der Waals surface area contributed by atoms with Crippen molar-refractivity contribution in [1.82, 2.24) is 5.32 Å². The highest BCUT2D eigenvalue weighted by Gasteiger charge is 2.10. The first-order valence-corrected chi connectivity index (χ1v) is 6.37. The molecule has 0 aliphatic rings. The summed E-state index contributed by atoms with van der Waals surface area (Å²) in [5.74, 6) is -0.0689. The molecular formula is C14H23ClN2O3. The van der Waals surface area contributed by atoms with Gasteiger partial charge < -0.3 is 20.5 Å². The van der Waals surface area contributed by atoms with Crippen LogP contribution >= 0.6 is 12.4 Å². The van der Waals surface area contributed by atoms with Crippen molar-refractivity contribution in [2.75, 3.05) is 26.8 Å². The van der Waals surface area contributed by atoms with Gasteiger partial charge in [-0.3, -0.25) is 4.79 Å². The zero-order valence-corrected chi connectivity index (χ0v) is 12.5. The third-order valence-electron chi connectivity index (χ3n) is 2.69. The minimum absolute atomic E-state index is 0. The highest BCUT2D eigenvalue weighted by atomic mass is 35.5. The first-order valence-electron chi connectivity index (χ1n) is 6.37. The van der Waals surface area contributed by atoms with Crippen molar-refractivity contribution >= 4 is 18.3 Å². The Hall–Kier alpha value is -1.14. The van der Waals surface area contributed by atoms with Crippen LogP contribution < -0.4 is 11.1 Å². The van der Waals surface area contributed by atoms with Gasteiger partial charge in [0.15, 0.2) is 0 Å². The molecule has 0 bridgehead atoms. The highest BCUT2D eigenvalue weighted by molar-refractivity contribution is 5.85. The lowest BCUT2D eigenvalue weighted by atomic mass is 10.2. The Morgan fingerprint density at radius 2 is 2.05 bits per heavy atom. The van der Waals surface area contributed by atoms with E-state index in [4.69, 9.17) is 15.2 Å². The predicted octanol–water partition coefficient (Wildman–Crippen LogP) is 1.11. The van der Waals surface area contributed by atoms with E-state index in [1.807, 2.05) is 30.3 Å². The molecule has 0 aromatic heterocycles. The van der Waals surface area contributed by atoms with Crippen LogP contribution in [0, 0.1) is 0 Å². The zero-order chi connectivity index (χ0) is 13.9. The number of hydrogen-bond acceptors (Lipinski definition) is 4. The van der Waals surface area contributed by atoms with Crippen molar-refractivity contribution < 1.29 is 14.3 Å². The topological polar surface area (TPSA) is 73.6 Å². The summed E-state index contributed by atoms with van der Waals surface area (Å²) in [5.41, 5.74) is 6.56. The van der Waals surface area contributed by atoms with Crippen molar-refractivity contribution in [3.8, 4) is 0 Å². The third kappa shape index (κ3) is 8.12. The number of nitrogens with one attached hydrogen (secondary N) is 1. The smallest absolute Gasteiger partial charge is 0.222 e. The highest BCUT2D eigenvalue weighted by Crippen LogP contribution is 1.99. The second-order valence-electron chi connectivity index (χ2n) is 4.19. The average Bonchev–Trinajstić information content (AvgIpc) is 2.45. The van der Waals surface area contributed by atoms with E-state index in [0.29, 0.717) is 26.3 Å². The van der Waals surface area contributed by atoms with Gasteiger partial charge in [-0.1, -0.05) is 30.3 Å². The Morgan fingerprint density at radius 3 is 2.65 bits per heavy atom. The molecule has 0 saturated carbocycles. The molecule has 0 radical (unpaired) electrons. The molecule has 1 atom stereocenters. The van der Waals surface area contributed by atoms with E-state index < -0.39 is 0 Å². The van der Waals surface area contributed by atoms with Gasteiger partial charge >= 0.3 is 0 Å². The molecule has 1 aromatic rings. The van der Waals surface area contributed by atoms with E-state index in [1.54, 1.807) is 7.11 Å². The molecule has 0 spiro atoms. The monoisotopic (exact) mass is 302 g/mol. The van der Waals surface area contributed by atoms with Crippen LogP contribution in [0.15, 0.2) is 30.3 Å². The molecule has 20 heavy (non-hydrogen) atoms. The largest absolute Gasteiger partial charge is 0.380 e. The third-order valence-corrected chi connectivity index (χ3v) is 2.69. The summed E-state index contributed by atoms with van der Waals surface area (Å²) in [6.07, 6.45) is 0.0660. The molecular weight excluding hydrogens is 280 g/mol. The van der Waals surface area contributed by atoms with Crippen LogP contribution in [0.5, 0.6) is 0 Å². The lowest BCUT2D eigenvalue weighted by Gasteiger charge is -2.12. The number of nitrogens with two attached hydrogens (primary N) is 1. The molecule has 1 rings (SSSR count). The fourth-order valence-electron chi connectivity index (χ4n) is 1.57. The Kier molecular flexibility index (Phi) is 11.0. The second-order valence-corrected chi connectivity index (χ2v) is 4.19. The molecule has 3 N–H and O–H groups in total. The molecule has 6 heteroatoms. The number of ether oxygens (including phenoxy) is 2. The maximum Gasteiger partial charge on any atom is 0.222 e. The molecule has 0 heterocycles. The van der Waals surface area contributed by atoms with Gasteiger partial charge in [-0.15, -0.1) is 12.4 Å². The number of amides is 1. The Labute approximate surface area is 126 Å². The lowest BCUT2D eigenvalue weighted by Crippen LogP contribution is -2.33. The van der Waals surface area contributed by atoms with Gasteiger partial charge in [0.05, 0.1) is 25.7 Å². The van der Waals surface area contributed by atoms with Gasteiger partial charge in [0.1, 0.15) is 0 Å². The Balaban J connectivity index is 0.00000361. The maximum atomic E-state index is 11.5. The fraction of sp³-hybridized carbons (Fsp3) is 0.500. The number of carbonyl (C=O) groups excluding carboxylic acids is 1. The van der Waals surface area contributed by atoms with Crippen molar-refractivity contribution in [3.05, 3.63) is 35.9 Å². The summed E-state index contributed by atoms with van der Waals surface area (Å²) in [7, 11) is 1.55. The van der Waals surface area contributed by atoms with Crippen molar-refractivity contribution in [3.63, 3.8) is 0 Å². The van der Waals surface area contributed by atoms with E-state index in [1.165, 1.54) is 0 Å². The SMILES string of the molecule is COC(CN)CC(=O)NCCOCc1ccccc1.Cl. The summed E-state index contributed by atoms with van der Waals surface area (Å²) in [4.78, 5) is 11.5. The van der Waals surface area contributed by atoms with Crippen molar-refractivity contribution in [2.24, 2.45) is 5.73 Å². The Morgan fingerprint density at radius 1 is 1.35 bits per heavy atom. The molecule has 5 nitrogen and oxygen atoms in total. The van der Waals surface area contributed by atoms with Crippen LogP contribution in [0.4, 0.5) is 0 Å². The molecule has 1 unspecified atom stereocenters. The molecule has 1 aromatic carbocycles. The normalized spacial score (nSPS) is 11.5. The number of carbonyl (C=O) groups is 1. The van der Waals surface area contributed by atoms with Crippen LogP contribution in [0.3, 0.4) is 0 Å². The van der Waals surface area contributed by atoms with Gasteiger partial charge in [-0.2, -0.15) is 0 Å².